The van der Waals surface area contributed by atoms with Crippen LogP contribution in [0.3, 0.4) is 0 Å². The van der Waals surface area contributed by atoms with Gasteiger partial charge in [-0.3, -0.25) is 0 Å². The van der Waals surface area contributed by atoms with Crippen LogP contribution in [0, 0.1) is 11.8 Å². The molecule has 1 N–H and O–H groups in total. The highest BCUT2D eigenvalue weighted by molar-refractivity contribution is 7.98. The summed E-state index contributed by atoms with van der Waals surface area (Å²) in [6.45, 7) is 5.96. The standard InChI is InChI=1S/C12H25NS/c1-10-6-4-5-7-12(10)8-13-11(2)9-14-3/h10-13H,4-9H2,1-3H3. The van der Waals surface area contributed by atoms with Crippen molar-refractivity contribution in [2.45, 2.75) is 45.6 Å². The molecular weight excluding hydrogens is 190 g/mol. The first kappa shape index (κ1) is 12.4. The summed E-state index contributed by atoms with van der Waals surface area (Å²) in [6, 6.07) is 0.680. The Labute approximate surface area is 93.4 Å². The molecule has 1 nitrogen and oxygen atoms in total. The maximum absolute atomic E-state index is 3.66. The number of hydrogen-bond donors (Lipinski definition) is 1. The normalized spacial score (nSPS) is 30.2. The third kappa shape index (κ3) is 4.22. The second-order valence-electron chi connectivity index (χ2n) is 4.79. The maximum Gasteiger partial charge on any atom is 0.0129 e. The van der Waals surface area contributed by atoms with Gasteiger partial charge in [0.15, 0.2) is 0 Å². The molecule has 0 radical (unpaired) electrons. The lowest BCUT2D eigenvalue weighted by Gasteiger charge is -2.30. The molecule has 1 aliphatic carbocycles. The summed E-state index contributed by atoms with van der Waals surface area (Å²) >= 11 is 1.93. The lowest BCUT2D eigenvalue weighted by molar-refractivity contribution is 0.244. The predicted molar refractivity (Wildman–Crippen MR) is 67.0 cm³/mol. The zero-order valence-corrected chi connectivity index (χ0v) is 10.7. The van der Waals surface area contributed by atoms with E-state index >= 15 is 0 Å². The van der Waals surface area contributed by atoms with Gasteiger partial charge in [0.25, 0.3) is 0 Å². The molecule has 1 aliphatic rings. The number of hydrogen-bond acceptors (Lipinski definition) is 2. The zero-order valence-electron chi connectivity index (χ0n) is 9.88. The average Bonchev–Trinajstić information content (AvgIpc) is 2.17. The van der Waals surface area contributed by atoms with Crippen LogP contribution in [0.5, 0.6) is 0 Å². The van der Waals surface area contributed by atoms with Crippen LogP contribution in [0.4, 0.5) is 0 Å². The van der Waals surface area contributed by atoms with Gasteiger partial charge >= 0.3 is 0 Å². The van der Waals surface area contributed by atoms with Gasteiger partial charge in [0.1, 0.15) is 0 Å². The summed E-state index contributed by atoms with van der Waals surface area (Å²) in [5.74, 6) is 3.12. The van der Waals surface area contributed by atoms with Crippen molar-refractivity contribution in [3.05, 3.63) is 0 Å². The second-order valence-corrected chi connectivity index (χ2v) is 5.70. The minimum Gasteiger partial charge on any atom is -0.313 e. The predicted octanol–water partition coefficient (Wildman–Crippen LogP) is 3.15. The molecule has 0 aromatic rings. The summed E-state index contributed by atoms with van der Waals surface area (Å²) in [4.78, 5) is 0. The van der Waals surface area contributed by atoms with Gasteiger partial charge in [-0.1, -0.05) is 26.2 Å². The van der Waals surface area contributed by atoms with Crippen molar-refractivity contribution in [2.75, 3.05) is 18.6 Å². The van der Waals surface area contributed by atoms with Crippen LogP contribution in [-0.4, -0.2) is 24.6 Å². The van der Waals surface area contributed by atoms with E-state index in [9.17, 15) is 0 Å². The first-order valence-corrected chi connectivity index (χ1v) is 7.35. The molecule has 0 spiro atoms. The van der Waals surface area contributed by atoms with Crippen molar-refractivity contribution in [1.29, 1.82) is 0 Å². The molecule has 3 atom stereocenters. The van der Waals surface area contributed by atoms with Crippen molar-refractivity contribution in [3.8, 4) is 0 Å². The molecule has 1 fully saturated rings. The van der Waals surface area contributed by atoms with Gasteiger partial charge in [-0.05, 0) is 38.0 Å². The lowest BCUT2D eigenvalue weighted by Crippen LogP contribution is -2.36. The highest BCUT2D eigenvalue weighted by Gasteiger charge is 2.21. The summed E-state index contributed by atoms with van der Waals surface area (Å²) in [7, 11) is 0. The average molecular weight is 215 g/mol. The quantitative estimate of drug-likeness (QED) is 0.756. The number of thioether (sulfide) groups is 1. The van der Waals surface area contributed by atoms with E-state index in [1.54, 1.807) is 0 Å². The van der Waals surface area contributed by atoms with Gasteiger partial charge in [0.05, 0.1) is 0 Å². The van der Waals surface area contributed by atoms with Gasteiger partial charge in [0, 0.05) is 11.8 Å². The zero-order chi connectivity index (χ0) is 10.4. The van der Waals surface area contributed by atoms with Crippen LogP contribution in [-0.2, 0) is 0 Å². The van der Waals surface area contributed by atoms with Crippen molar-refractivity contribution < 1.29 is 0 Å². The molecule has 0 saturated heterocycles. The summed E-state index contributed by atoms with van der Waals surface area (Å²) in [5, 5.41) is 3.66. The van der Waals surface area contributed by atoms with Crippen LogP contribution in [0.25, 0.3) is 0 Å². The fraction of sp³-hybridized carbons (Fsp3) is 1.00. The smallest absolute Gasteiger partial charge is 0.0129 e. The minimum atomic E-state index is 0.680. The van der Waals surface area contributed by atoms with Gasteiger partial charge in [-0.2, -0.15) is 11.8 Å². The topological polar surface area (TPSA) is 12.0 Å². The van der Waals surface area contributed by atoms with Crippen LogP contribution < -0.4 is 5.32 Å². The Kier molecular flexibility index (Phi) is 5.95. The monoisotopic (exact) mass is 215 g/mol. The fourth-order valence-corrected chi connectivity index (χ4v) is 2.98. The molecule has 84 valence electrons. The number of nitrogens with one attached hydrogen (secondary N) is 1. The SMILES string of the molecule is CSCC(C)NCC1CCCCC1C. The fourth-order valence-electron chi connectivity index (χ4n) is 2.36. The lowest BCUT2D eigenvalue weighted by atomic mass is 9.80. The van der Waals surface area contributed by atoms with E-state index in [2.05, 4.69) is 25.4 Å². The van der Waals surface area contributed by atoms with Crippen LogP contribution in [0.15, 0.2) is 0 Å². The molecule has 0 bridgehead atoms. The Balaban J connectivity index is 2.15. The maximum atomic E-state index is 3.66. The number of rotatable bonds is 5. The molecule has 0 aromatic carbocycles. The largest absolute Gasteiger partial charge is 0.313 e. The van der Waals surface area contributed by atoms with E-state index in [1.807, 2.05) is 11.8 Å². The third-order valence-electron chi connectivity index (χ3n) is 3.43. The summed E-state index contributed by atoms with van der Waals surface area (Å²) in [6.07, 6.45) is 7.98. The van der Waals surface area contributed by atoms with E-state index in [1.165, 1.54) is 38.0 Å². The first-order chi connectivity index (χ1) is 6.74. The van der Waals surface area contributed by atoms with Crippen molar-refractivity contribution in [3.63, 3.8) is 0 Å². The van der Waals surface area contributed by atoms with Gasteiger partial charge < -0.3 is 5.32 Å². The Morgan fingerprint density at radius 1 is 1.36 bits per heavy atom. The van der Waals surface area contributed by atoms with Crippen molar-refractivity contribution >= 4 is 11.8 Å². The van der Waals surface area contributed by atoms with Gasteiger partial charge in [0.2, 0.25) is 0 Å². The van der Waals surface area contributed by atoms with E-state index < -0.39 is 0 Å². The van der Waals surface area contributed by atoms with E-state index in [0.29, 0.717) is 6.04 Å². The van der Waals surface area contributed by atoms with E-state index in [-0.39, 0.29) is 0 Å². The Morgan fingerprint density at radius 3 is 2.71 bits per heavy atom. The molecule has 1 saturated carbocycles. The molecule has 0 aliphatic heterocycles. The molecule has 1 rings (SSSR count). The van der Waals surface area contributed by atoms with E-state index in [0.717, 1.165) is 11.8 Å². The van der Waals surface area contributed by atoms with Crippen LogP contribution in [0.1, 0.15) is 39.5 Å². The third-order valence-corrected chi connectivity index (χ3v) is 4.27. The first-order valence-electron chi connectivity index (χ1n) is 5.96. The molecular formula is C12H25NS. The highest BCUT2D eigenvalue weighted by atomic mass is 32.2. The Morgan fingerprint density at radius 2 is 2.07 bits per heavy atom. The summed E-state index contributed by atoms with van der Waals surface area (Å²) < 4.78 is 0. The molecule has 0 heterocycles. The highest BCUT2D eigenvalue weighted by Crippen LogP contribution is 2.28. The minimum absolute atomic E-state index is 0.680. The van der Waals surface area contributed by atoms with Gasteiger partial charge in [-0.25, -0.2) is 0 Å². The Hall–Kier alpha value is 0.310. The Bertz CT molecular complexity index is 149. The van der Waals surface area contributed by atoms with Gasteiger partial charge in [-0.15, -0.1) is 0 Å². The second kappa shape index (κ2) is 6.73. The molecule has 3 unspecified atom stereocenters. The molecule has 0 aromatic heterocycles. The molecule has 2 heteroatoms. The molecule has 14 heavy (non-hydrogen) atoms. The van der Waals surface area contributed by atoms with Crippen molar-refractivity contribution in [1.82, 2.24) is 5.32 Å². The summed E-state index contributed by atoms with van der Waals surface area (Å²) in [5.41, 5.74) is 0. The van der Waals surface area contributed by atoms with Crippen LogP contribution in [0.2, 0.25) is 0 Å². The van der Waals surface area contributed by atoms with Crippen LogP contribution >= 0.6 is 11.8 Å². The molecule has 0 amide bonds. The van der Waals surface area contributed by atoms with Crippen molar-refractivity contribution in [2.24, 2.45) is 11.8 Å². The van der Waals surface area contributed by atoms with E-state index in [4.69, 9.17) is 0 Å².